The molecule has 1 amide bonds. The lowest BCUT2D eigenvalue weighted by Crippen LogP contribution is -2.37. The Bertz CT molecular complexity index is 1060. The number of anilines is 2. The molecular formula is C23H22N4O3. The lowest BCUT2D eigenvalue weighted by Gasteiger charge is -2.28. The number of para-hydroxylation sites is 1. The van der Waals surface area contributed by atoms with Gasteiger partial charge in [0, 0.05) is 37.6 Å². The molecule has 0 atom stereocenters. The van der Waals surface area contributed by atoms with Crippen molar-refractivity contribution in [1.29, 1.82) is 0 Å². The van der Waals surface area contributed by atoms with Gasteiger partial charge >= 0.3 is 0 Å². The standard InChI is InChI=1S/C23H22N4O3/c28-23-22(19-5-1-2-6-20(19)27(23)18-4-3-9-24-14-18)21-8-7-17(16-26(21)29)15-25-10-12-30-13-11-25/h1-9,14,16,29H,10-13,15H2. The second-order valence-corrected chi connectivity index (χ2v) is 7.40. The number of fused-ring (bicyclic) bond motifs is 1. The zero-order valence-corrected chi connectivity index (χ0v) is 16.4. The number of benzene rings is 1. The second-order valence-electron chi connectivity index (χ2n) is 7.40. The van der Waals surface area contributed by atoms with E-state index in [4.69, 9.17) is 4.74 Å². The molecule has 152 valence electrons. The fourth-order valence-corrected chi connectivity index (χ4v) is 4.05. The third kappa shape index (κ3) is 3.33. The number of morpholine rings is 1. The number of allylic oxidation sites excluding steroid dienone is 1. The maximum absolute atomic E-state index is 13.4. The summed E-state index contributed by atoms with van der Waals surface area (Å²) in [7, 11) is 0. The number of pyridine rings is 1. The van der Waals surface area contributed by atoms with Crippen molar-refractivity contribution in [3.05, 3.63) is 84.0 Å². The minimum Gasteiger partial charge on any atom is -0.379 e. The van der Waals surface area contributed by atoms with Crippen LogP contribution in [0, 0.1) is 0 Å². The summed E-state index contributed by atoms with van der Waals surface area (Å²) >= 11 is 0. The summed E-state index contributed by atoms with van der Waals surface area (Å²) in [4.78, 5) is 21.5. The lowest BCUT2D eigenvalue weighted by atomic mass is 10.0. The predicted octanol–water partition coefficient (Wildman–Crippen LogP) is 2.95. The Hall–Kier alpha value is -3.26. The van der Waals surface area contributed by atoms with Crippen molar-refractivity contribution < 1.29 is 14.7 Å². The highest BCUT2D eigenvalue weighted by atomic mass is 16.5. The molecule has 5 rings (SSSR count). The SMILES string of the molecule is O=C1C(=C2C=CC(CN3CCOCC3)=CN2O)c2ccccc2N1c1cccnc1. The first-order valence-electron chi connectivity index (χ1n) is 9.97. The number of ether oxygens (including phenoxy) is 1. The van der Waals surface area contributed by atoms with Crippen molar-refractivity contribution in [2.75, 3.05) is 37.7 Å². The number of carbonyl (C=O) groups is 1. The fourth-order valence-electron chi connectivity index (χ4n) is 4.05. The molecule has 3 aliphatic heterocycles. The van der Waals surface area contributed by atoms with Gasteiger partial charge in [0.1, 0.15) is 0 Å². The molecule has 0 bridgehead atoms. The number of hydrogen-bond donors (Lipinski definition) is 1. The van der Waals surface area contributed by atoms with E-state index in [0.29, 0.717) is 17.0 Å². The predicted molar refractivity (Wildman–Crippen MR) is 113 cm³/mol. The van der Waals surface area contributed by atoms with E-state index < -0.39 is 0 Å². The van der Waals surface area contributed by atoms with Gasteiger partial charge in [-0.3, -0.25) is 24.8 Å². The monoisotopic (exact) mass is 402 g/mol. The summed E-state index contributed by atoms with van der Waals surface area (Å²) in [5.74, 6) is -0.187. The molecule has 4 heterocycles. The first kappa shape index (κ1) is 18.7. The zero-order chi connectivity index (χ0) is 20.5. The number of aromatic nitrogens is 1. The number of nitrogens with zero attached hydrogens (tertiary/aromatic N) is 4. The van der Waals surface area contributed by atoms with Gasteiger partial charge in [-0.25, -0.2) is 5.06 Å². The Morgan fingerprint density at radius 1 is 1.07 bits per heavy atom. The van der Waals surface area contributed by atoms with Gasteiger partial charge in [0.05, 0.1) is 42.1 Å². The highest BCUT2D eigenvalue weighted by molar-refractivity contribution is 6.35. The summed E-state index contributed by atoms with van der Waals surface area (Å²) in [6.07, 6.45) is 8.80. The number of hydrogen-bond acceptors (Lipinski definition) is 6. The van der Waals surface area contributed by atoms with E-state index in [2.05, 4.69) is 9.88 Å². The van der Waals surface area contributed by atoms with E-state index in [1.165, 1.54) is 0 Å². The Kier molecular flexibility index (Phi) is 4.92. The maximum atomic E-state index is 13.4. The van der Waals surface area contributed by atoms with Crippen LogP contribution in [0.5, 0.6) is 0 Å². The average molecular weight is 402 g/mol. The summed E-state index contributed by atoms with van der Waals surface area (Å²) in [6.45, 7) is 3.92. The molecule has 1 N–H and O–H groups in total. The molecule has 0 aliphatic carbocycles. The first-order chi connectivity index (χ1) is 14.7. The lowest BCUT2D eigenvalue weighted by molar-refractivity contribution is -0.112. The summed E-state index contributed by atoms with van der Waals surface area (Å²) in [5, 5.41) is 11.8. The fraction of sp³-hybridized carbons (Fsp3) is 0.217. The number of rotatable bonds is 3. The normalized spacial score (nSPS) is 21.8. The van der Waals surface area contributed by atoms with Gasteiger partial charge < -0.3 is 4.74 Å². The topological polar surface area (TPSA) is 69.1 Å². The van der Waals surface area contributed by atoms with E-state index in [9.17, 15) is 10.0 Å². The smallest absolute Gasteiger partial charge is 0.265 e. The minimum absolute atomic E-state index is 0.187. The van der Waals surface area contributed by atoms with Crippen molar-refractivity contribution in [2.45, 2.75) is 0 Å². The quantitative estimate of drug-likeness (QED) is 0.797. The molecule has 1 saturated heterocycles. The molecule has 0 unspecified atom stereocenters. The maximum Gasteiger partial charge on any atom is 0.265 e. The number of hydroxylamine groups is 2. The Balaban J connectivity index is 1.49. The molecule has 1 aromatic carbocycles. The Labute approximate surface area is 174 Å². The number of amides is 1. The van der Waals surface area contributed by atoms with Crippen LogP contribution in [0.3, 0.4) is 0 Å². The van der Waals surface area contributed by atoms with Gasteiger partial charge in [-0.05, 0) is 29.8 Å². The van der Waals surface area contributed by atoms with Crippen molar-refractivity contribution >= 4 is 22.9 Å². The van der Waals surface area contributed by atoms with Crippen LogP contribution in [-0.2, 0) is 9.53 Å². The minimum atomic E-state index is -0.187. The highest BCUT2D eigenvalue weighted by Crippen LogP contribution is 2.43. The van der Waals surface area contributed by atoms with E-state index in [0.717, 1.165) is 54.7 Å². The molecule has 1 fully saturated rings. The Morgan fingerprint density at radius 3 is 2.67 bits per heavy atom. The van der Waals surface area contributed by atoms with Gasteiger partial charge in [0.15, 0.2) is 0 Å². The van der Waals surface area contributed by atoms with Gasteiger partial charge in [-0.15, -0.1) is 0 Å². The van der Waals surface area contributed by atoms with E-state index in [1.807, 2.05) is 42.5 Å². The molecule has 3 aliphatic rings. The van der Waals surface area contributed by atoms with Crippen LogP contribution in [0.25, 0.3) is 5.57 Å². The third-order valence-electron chi connectivity index (χ3n) is 5.49. The van der Waals surface area contributed by atoms with Gasteiger partial charge in [0.25, 0.3) is 5.91 Å². The molecule has 0 saturated carbocycles. The molecule has 30 heavy (non-hydrogen) atoms. The molecular weight excluding hydrogens is 380 g/mol. The summed E-state index contributed by atoms with van der Waals surface area (Å²) in [6, 6.07) is 11.3. The first-order valence-corrected chi connectivity index (χ1v) is 9.97. The van der Waals surface area contributed by atoms with Crippen LogP contribution in [0.1, 0.15) is 5.56 Å². The van der Waals surface area contributed by atoms with E-state index in [1.54, 1.807) is 29.6 Å². The van der Waals surface area contributed by atoms with Crippen molar-refractivity contribution in [1.82, 2.24) is 14.9 Å². The van der Waals surface area contributed by atoms with Crippen LogP contribution in [0.4, 0.5) is 11.4 Å². The van der Waals surface area contributed by atoms with Crippen LogP contribution in [-0.4, -0.2) is 58.9 Å². The van der Waals surface area contributed by atoms with Crippen molar-refractivity contribution in [3.8, 4) is 0 Å². The summed E-state index contributed by atoms with van der Waals surface area (Å²) in [5.41, 5.74) is 4.17. The molecule has 1 aromatic heterocycles. The highest BCUT2D eigenvalue weighted by Gasteiger charge is 2.36. The molecule has 0 spiro atoms. The van der Waals surface area contributed by atoms with Gasteiger partial charge in [0.2, 0.25) is 0 Å². The Morgan fingerprint density at radius 2 is 1.90 bits per heavy atom. The number of carbonyl (C=O) groups excluding carboxylic acids is 1. The van der Waals surface area contributed by atoms with Crippen molar-refractivity contribution in [3.63, 3.8) is 0 Å². The van der Waals surface area contributed by atoms with Crippen molar-refractivity contribution in [2.24, 2.45) is 0 Å². The summed E-state index contributed by atoms with van der Waals surface area (Å²) < 4.78 is 5.39. The van der Waals surface area contributed by atoms with Crippen LogP contribution >= 0.6 is 0 Å². The van der Waals surface area contributed by atoms with Gasteiger partial charge in [-0.1, -0.05) is 24.3 Å². The zero-order valence-electron chi connectivity index (χ0n) is 16.4. The van der Waals surface area contributed by atoms with E-state index in [-0.39, 0.29) is 5.91 Å². The average Bonchev–Trinajstić information content (AvgIpc) is 3.07. The van der Waals surface area contributed by atoms with Gasteiger partial charge in [-0.2, -0.15) is 0 Å². The van der Waals surface area contributed by atoms with Crippen LogP contribution < -0.4 is 4.90 Å². The molecule has 0 radical (unpaired) electrons. The molecule has 7 nitrogen and oxygen atoms in total. The van der Waals surface area contributed by atoms with E-state index >= 15 is 0 Å². The third-order valence-corrected chi connectivity index (χ3v) is 5.49. The second kappa shape index (κ2) is 7.87. The molecule has 2 aromatic rings. The van der Waals surface area contributed by atoms with Crippen LogP contribution in [0.2, 0.25) is 0 Å². The molecule has 7 heteroatoms. The van der Waals surface area contributed by atoms with Crippen LogP contribution in [0.15, 0.2) is 78.4 Å². The largest absolute Gasteiger partial charge is 0.379 e.